The van der Waals surface area contributed by atoms with Crippen LogP contribution in [0.15, 0.2) is 12.7 Å². The second-order valence-corrected chi connectivity index (χ2v) is 13.5. The van der Waals surface area contributed by atoms with E-state index in [0.29, 0.717) is 0 Å². The Kier molecular flexibility index (Phi) is 10.3. The van der Waals surface area contributed by atoms with Gasteiger partial charge in [0.05, 0.1) is 25.1 Å². The van der Waals surface area contributed by atoms with Gasteiger partial charge >= 0.3 is 29.4 Å². The number of nitrogens with zero attached hydrogens (tertiary/aromatic N) is 4. The molecule has 0 saturated carbocycles. The maximum absolute atomic E-state index is 12.5. The van der Waals surface area contributed by atoms with E-state index in [0.717, 1.165) is 6.92 Å². The molecule has 40 heavy (non-hydrogen) atoms. The Hall–Kier alpha value is -1.85. The minimum atomic E-state index is -5.66. The number of ether oxygens (including phenoxy) is 3. The molecule has 226 valence electrons. The smallest absolute Gasteiger partial charge is 0.455 e. The van der Waals surface area contributed by atoms with Gasteiger partial charge in [-0.3, -0.25) is 18.4 Å². The van der Waals surface area contributed by atoms with E-state index < -0.39 is 72.8 Å². The Bertz CT molecular complexity index is 1350. The summed E-state index contributed by atoms with van der Waals surface area (Å²) in [5, 5.41) is 0. The quantitative estimate of drug-likeness (QED) is 0.181. The first kappa shape index (κ1) is 32.7. The van der Waals surface area contributed by atoms with E-state index in [1.165, 1.54) is 31.1 Å². The Morgan fingerprint density at radius 3 is 2.27 bits per heavy atom. The zero-order valence-corrected chi connectivity index (χ0v) is 24.5. The lowest BCUT2D eigenvalue weighted by Gasteiger charge is -2.26. The van der Waals surface area contributed by atoms with Crippen LogP contribution in [0.4, 0.5) is 5.82 Å². The Morgan fingerprint density at radius 1 is 1.02 bits per heavy atom. The molecule has 3 rings (SSSR count). The van der Waals surface area contributed by atoms with Gasteiger partial charge in [-0.05, 0) is 27.7 Å². The number of hydrogen-bond donors (Lipinski definition) is 4. The minimum absolute atomic E-state index is 0.0703. The van der Waals surface area contributed by atoms with E-state index in [9.17, 15) is 33.2 Å². The highest BCUT2D eigenvalue weighted by Crippen LogP contribution is 2.68. The molecule has 1 aliphatic heterocycles. The molecule has 4 unspecified atom stereocenters. The molecule has 2 aromatic rings. The van der Waals surface area contributed by atoms with Gasteiger partial charge in [-0.25, -0.2) is 28.6 Å². The van der Waals surface area contributed by atoms with Gasteiger partial charge in [0, 0.05) is 6.92 Å². The van der Waals surface area contributed by atoms with Crippen LogP contribution in [0.3, 0.4) is 0 Å². The number of anilines is 1. The van der Waals surface area contributed by atoms with Gasteiger partial charge in [0.15, 0.2) is 23.8 Å². The van der Waals surface area contributed by atoms with E-state index >= 15 is 0 Å². The van der Waals surface area contributed by atoms with E-state index in [1.807, 2.05) is 0 Å². The van der Waals surface area contributed by atoms with Crippen LogP contribution in [-0.2, 0) is 50.4 Å². The summed E-state index contributed by atoms with van der Waals surface area (Å²) in [6, 6.07) is 0. The van der Waals surface area contributed by atoms with Gasteiger partial charge in [-0.1, -0.05) is 0 Å². The molecule has 19 nitrogen and oxygen atoms in total. The fraction of sp³-hybridized carbons (Fsp3) is 0.667. The van der Waals surface area contributed by atoms with Crippen molar-refractivity contribution in [3.05, 3.63) is 12.7 Å². The van der Waals surface area contributed by atoms with E-state index in [-0.39, 0.29) is 17.0 Å². The van der Waals surface area contributed by atoms with Crippen LogP contribution in [0.1, 0.15) is 40.8 Å². The molecule has 5 N–H and O–H groups in total. The molecular formula is C18H30N5O14P3. The highest BCUT2D eigenvalue weighted by atomic mass is 31.3. The SMILES string of the molecule is CC(=O)O[C@H]1C(OC(C)C)[C@@H](COP(=O)(O)OP(=O)(O)OP(=O)(O)OC(C)C)O[C@H]1n1cnc2c(N)ncnc21. The predicted octanol–water partition coefficient (Wildman–Crippen LogP) is 1.81. The second kappa shape index (κ2) is 12.6. The first-order valence-electron chi connectivity index (χ1n) is 11.5. The number of phosphoric acid groups is 3. The third-order valence-corrected chi connectivity index (χ3v) is 9.30. The minimum Gasteiger partial charge on any atom is -0.455 e. The first-order valence-corrected chi connectivity index (χ1v) is 16.0. The standard InChI is InChI=1S/C18H30N5O14P3/c1-9(2)32-14-12(6-31-38(25,26)36-40(29,30)37-39(27,28)35-10(3)4)34-18(15(14)33-11(5)24)23-8-22-13-16(19)20-7-21-17(13)23/h7-10,12,14-15,18H,6H2,1-5H3,(H,25,26)(H,27,28)(H,29,30)(H2,19,20,21)/t12-,14?,15+,18-/m1/s1. The van der Waals surface area contributed by atoms with Gasteiger partial charge < -0.3 is 34.6 Å². The van der Waals surface area contributed by atoms with Crippen molar-refractivity contribution in [3.63, 3.8) is 0 Å². The van der Waals surface area contributed by atoms with Crippen LogP contribution in [0.2, 0.25) is 0 Å². The zero-order chi connectivity index (χ0) is 30.0. The molecule has 3 heterocycles. The summed E-state index contributed by atoms with van der Waals surface area (Å²) in [5.41, 5.74) is 6.29. The molecular weight excluding hydrogens is 603 g/mol. The normalized spacial score (nSPS) is 26.1. The van der Waals surface area contributed by atoms with Crippen molar-refractivity contribution in [2.24, 2.45) is 0 Å². The third kappa shape index (κ3) is 8.58. The largest absolute Gasteiger partial charge is 0.490 e. The number of carbonyl (C=O) groups excluding carboxylic acids is 1. The Labute approximate surface area is 227 Å². The van der Waals surface area contributed by atoms with Crippen molar-refractivity contribution in [1.29, 1.82) is 0 Å². The number of nitrogens with two attached hydrogens (primary N) is 1. The van der Waals surface area contributed by atoms with Crippen molar-refractivity contribution >= 4 is 46.4 Å². The third-order valence-electron chi connectivity index (χ3n) is 4.84. The van der Waals surface area contributed by atoms with Gasteiger partial charge in [-0.15, -0.1) is 0 Å². The van der Waals surface area contributed by atoms with Crippen molar-refractivity contribution in [2.75, 3.05) is 12.3 Å². The van der Waals surface area contributed by atoms with E-state index in [1.54, 1.807) is 13.8 Å². The molecule has 22 heteroatoms. The van der Waals surface area contributed by atoms with Gasteiger partial charge in [0.25, 0.3) is 0 Å². The topological polar surface area (TPSA) is 263 Å². The molecule has 1 fully saturated rings. The summed E-state index contributed by atoms with van der Waals surface area (Å²) in [6.45, 7) is 6.33. The van der Waals surface area contributed by atoms with Crippen LogP contribution < -0.4 is 5.73 Å². The summed E-state index contributed by atoms with van der Waals surface area (Å²) < 4.78 is 72.5. The predicted molar refractivity (Wildman–Crippen MR) is 133 cm³/mol. The number of hydrogen-bond acceptors (Lipinski definition) is 15. The maximum atomic E-state index is 12.5. The number of nitrogen functional groups attached to an aromatic ring is 1. The highest BCUT2D eigenvalue weighted by Gasteiger charge is 2.51. The van der Waals surface area contributed by atoms with Crippen molar-refractivity contribution in [3.8, 4) is 0 Å². The van der Waals surface area contributed by atoms with Crippen LogP contribution in [-0.4, -0.2) is 77.3 Å². The summed E-state index contributed by atoms with van der Waals surface area (Å²) >= 11 is 0. The zero-order valence-electron chi connectivity index (χ0n) is 21.9. The molecule has 0 aliphatic carbocycles. The fourth-order valence-corrected chi connectivity index (χ4v) is 7.36. The van der Waals surface area contributed by atoms with Crippen LogP contribution >= 0.6 is 23.5 Å². The van der Waals surface area contributed by atoms with Crippen LogP contribution in [0, 0.1) is 0 Å². The number of imidazole rings is 1. The molecule has 7 atom stereocenters. The molecule has 0 amide bonds. The van der Waals surface area contributed by atoms with Crippen molar-refractivity contribution in [2.45, 2.75) is 71.4 Å². The molecule has 1 aliphatic rings. The number of carbonyl (C=O) groups is 1. The number of phosphoric ester groups is 2. The maximum Gasteiger partial charge on any atom is 0.490 e. The molecule has 1 saturated heterocycles. The fourth-order valence-electron chi connectivity index (χ4n) is 3.67. The summed E-state index contributed by atoms with van der Waals surface area (Å²) in [4.78, 5) is 53.4. The molecule has 0 aromatic carbocycles. The van der Waals surface area contributed by atoms with Crippen molar-refractivity contribution in [1.82, 2.24) is 19.5 Å². The lowest BCUT2D eigenvalue weighted by atomic mass is 10.1. The summed E-state index contributed by atoms with van der Waals surface area (Å²) in [6.07, 6.45) is -3.56. The summed E-state index contributed by atoms with van der Waals surface area (Å²) in [7, 11) is -16.3. The van der Waals surface area contributed by atoms with Crippen LogP contribution in [0.25, 0.3) is 11.2 Å². The Balaban J connectivity index is 1.84. The number of aromatic nitrogens is 4. The van der Waals surface area contributed by atoms with Crippen LogP contribution in [0.5, 0.6) is 0 Å². The number of esters is 1. The monoisotopic (exact) mass is 633 g/mol. The van der Waals surface area contributed by atoms with Gasteiger partial charge in [0.2, 0.25) is 0 Å². The molecule has 0 bridgehead atoms. The average molecular weight is 633 g/mol. The highest BCUT2D eigenvalue weighted by molar-refractivity contribution is 7.66. The van der Waals surface area contributed by atoms with E-state index in [4.69, 9.17) is 24.5 Å². The summed E-state index contributed by atoms with van der Waals surface area (Å²) in [5.74, 6) is -0.636. The number of rotatable bonds is 13. The number of fused-ring (bicyclic) bond motifs is 1. The lowest BCUT2D eigenvalue weighted by Crippen LogP contribution is -2.40. The second-order valence-electron chi connectivity index (χ2n) is 8.89. The lowest BCUT2D eigenvalue weighted by molar-refractivity contribution is -0.159. The molecule has 0 spiro atoms. The van der Waals surface area contributed by atoms with E-state index in [2.05, 4.69) is 28.1 Å². The van der Waals surface area contributed by atoms with Gasteiger partial charge in [0.1, 0.15) is 24.1 Å². The first-order chi connectivity index (χ1) is 18.4. The Morgan fingerprint density at radius 2 is 1.68 bits per heavy atom. The van der Waals surface area contributed by atoms with Gasteiger partial charge in [-0.2, -0.15) is 8.62 Å². The molecule has 0 radical (unpaired) electrons. The average Bonchev–Trinajstić information content (AvgIpc) is 3.32. The molecule has 2 aromatic heterocycles. The van der Waals surface area contributed by atoms with Crippen molar-refractivity contribution < 1.29 is 65.0 Å².